The lowest BCUT2D eigenvalue weighted by Crippen LogP contribution is -2.35. The molecule has 3 nitrogen and oxygen atoms in total. The zero-order valence-electron chi connectivity index (χ0n) is 12.5. The van der Waals surface area contributed by atoms with Crippen molar-refractivity contribution in [1.82, 2.24) is 4.90 Å². The minimum atomic E-state index is -0.202. The number of benzene rings is 1. The highest BCUT2D eigenvalue weighted by Crippen LogP contribution is 2.31. The van der Waals surface area contributed by atoms with Crippen molar-refractivity contribution in [3.8, 4) is 0 Å². The second-order valence-electron chi connectivity index (χ2n) is 5.30. The summed E-state index contributed by atoms with van der Waals surface area (Å²) in [4.78, 5) is 14.2. The van der Waals surface area contributed by atoms with Gasteiger partial charge >= 0.3 is 5.97 Å². The maximum absolute atomic E-state index is 11.8. The minimum Gasteiger partial charge on any atom is -0.469 e. The first kappa shape index (κ1) is 14.6. The van der Waals surface area contributed by atoms with Gasteiger partial charge in [-0.15, -0.1) is 0 Å². The molecule has 1 aromatic rings. The van der Waals surface area contributed by atoms with Gasteiger partial charge in [-0.1, -0.05) is 36.4 Å². The predicted octanol–water partition coefficient (Wildman–Crippen LogP) is 3.54. The number of rotatable bonds is 4. The van der Waals surface area contributed by atoms with Gasteiger partial charge in [0.2, 0.25) is 0 Å². The number of methoxy groups -OCH3 is 1. The maximum Gasteiger partial charge on any atom is 0.314 e. The molecule has 1 aliphatic heterocycles. The van der Waals surface area contributed by atoms with E-state index in [4.69, 9.17) is 4.74 Å². The third-order valence-corrected chi connectivity index (χ3v) is 4.04. The fraction of sp³-hybridized carbons (Fsp3) is 0.471. The van der Waals surface area contributed by atoms with Gasteiger partial charge in [0.1, 0.15) is 0 Å². The van der Waals surface area contributed by atoms with E-state index in [-0.39, 0.29) is 17.9 Å². The van der Waals surface area contributed by atoms with Crippen molar-refractivity contribution in [2.45, 2.75) is 32.7 Å². The molecular formula is C17H23NO2. The molecular weight excluding hydrogens is 250 g/mol. The maximum atomic E-state index is 11.8. The molecule has 0 fully saturated rings. The van der Waals surface area contributed by atoms with Gasteiger partial charge in [-0.25, -0.2) is 0 Å². The van der Waals surface area contributed by atoms with Gasteiger partial charge in [-0.05, 0) is 32.3 Å². The van der Waals surface area contributed by atoms with Crippen molar-refractivity contribution in [1.29, 1.82) is 0 Å². The summed E-state index contributed by atoms with van der Waals surface area (Å²) in [6.07, 6.45) is 4.35. The number of ether oxygens (including phenoxy) is 1. The molecule has 1 aromatic carbocycles. The SMILES string of the molecule is COC(=O)C(C)C1=CCCCN1[C@@H](C)c1ccccc1. The minimum absolute atomic E-state index is 0.164. The molecule has 0 radical (unpaired) electrons. The lowest BCUT2D eigenvalue weighted by atomic mass is 9.97. The first-order valence-electron chi connectivity index (χ1n) is 7.24. The van der Waals surface area contributed by atoms with Crippen LogP contribution >= 0.6 is 0 Å². The number of esters is 1. The molecule has 0 aliphatic carbocycles. The van der Waals surface area contributed by atoms with Gasteiger partial charge in [0.15, 0.2) is 0 Å². The Balaban J connectivity index is 2.23. The highest BCUT2D eigenvalue weighted by atomic mass is 16.5. The van der Waals surface area contributed by atoms with E-state index in [0.717, 1.165) is 25.1 Å². The van der Waals surface area contributed by atoms with Crippen LogP contribution in [-0.4, -0.2) is 24.5 Å². The molecule has 2 rings (SSSR count). The zero-order chi connectivity index (χ0) is 14.5. The van der Waals surface area contributed by atoms with Crippen molar-refractivity contribution < 1.29 is 9.53 Å². The third kappa shape index (κ3) is 3.03. The van der Waals surface area contributed by atoms with Crippen LogP contribution in [0.3, 0.4) is 0 Å². The highest BCUT2D eigenvalue weighted by Gasteiger charge is 2.28. The van der Waals surface area contributed by atoms with Crippen LogP contribution in [0, 0.1) is 5.92 Å². The first-order chi connectivity index (χ1) is 9.65. The van der Waals surface area contributed by atoms with E-state index in [1.165, 1.54) is 12.7 Å². The molecule has 1 unspecified atom stereocenters. The quantitative estimate of drug-likeness (QED) is 0.786. The number of carbonyl (C=O) groups excluding carboxylic acids is 1. The average Bonchev–Trinajstić information content (AvgIpc) is 2.53. The molecule has 0 N–H and O–H groups in total. The first-order valence-corrected chi connectivity index (χ1v) is 7.24. The summed E-state index contributed by atoms with van der Waals surface area (Å²) in [5.41, 5.74) is 2.37. The lowest BCUT2D eigenvalue weighted by Gasteiger charge is -2.38. The van der Waals surface area contributed by atoms with Crippen molar-refractivity contribution in [2.75, 3.05) is 13.7 Å². The Labute approximate surface area is 121 Å². The van der Waals surface area contributed by atoms with Gasteiger partial charge in [0.25, 0.3) is 0 Å². The van der Waals surface area contributed by atoms with E-state index >= 15 is 0 Å². The molecule has 1 heterocycles. The van der Waals surface area contributed by atoms with Gasteiger partial charge in [-0.2, -0.15) is 0 Å². The van der Waals surface area contributed by atoms with Gasteiger partial charge in [0, 0.05) is 12.2 Å². The number of hydrogen-bond acceptors (Lipinski definition) is 3. The second kappa shape index (κ2) is 6.60. The molecule has 3 heteroatoms. The molecule has 0 saturated carbocycles. The second-order valence-corrected chi connectivity index (χ2v) is 5.30. The Kier molecular flexibility index (Phi) is 4.83. The summed E-state index contributed by atoms with van der Waals surface area (Å²) < 4.78 is 4.89. The van der Waals surface area contributed by atoms with Gasteiger partial charge < -0.3 is 9.64 Å². The molecule has 1 aliphatic rings. The van der Waals surface area contributed by atoms with E-state index < -0.39 is 0 Å². The van der Waals surface area contributed by atoms with Crippen molar-refractivity contribution in [3.63, 3.8) is 0 Å². The van der Waals surface area contributed by atoms with E-state index in [1.54, 1.807) is 0 Å². The van der Waals surface area contributed by atoms with Crippen LogP contribution in [0.2, 0.25) is 0 Å². The smallest absolute Gasteiger partial charge is 0.314 e. The fourth-order valence-electron chi connectivity index (χ4n) is 2.81. The Hall–Kier alpha value is -1.77. The summed E-state index contributed by atoms with van der Waals surface area (Å²) in [5, 5.41) is 0. The molecule has 2 atom stereocenters. The molecule has 0 saturated heterocycles. The molecule has 108 valence electrons. The van der Waals surface area contributed by atoms with Crippen LogP contribution < -0.4 is 0 Å². The van der Waals surface area contributed by atoms with Crippen LogP contribution in [0.1, 0.15) is 38.3 Å². The largest absolute Gasteiger partial charge is 0.469 e. The summed E-state index contributed by atoms with van der Waals surface area (Å²) in [6.45, 7) is 5.11. The van der Waals surface area contributed by atoms with Crippen molar-refractivity contribution in [2.24, 2.45) is 5.92 Å². The molecule has 0 spiro atoms. The van der Waals surface area contributed by atoms with Crippen molar-refractivity contribution in [3.05, 3.63) is 47.7 Å². The molecule has 20 heavy (non-hydrogen) atoms. The Morgan fingerprint density at radius 2 is 1.95 bits per heavy atom. The number of hydrogen-bond donors (Lipinski definition) is 0. The summed E-state index contributed by atoms with van der Waals surface area (Å²) in [6, 6.07) is 10.7. The molecule has 0 aromatic heterocycles. The Bertz CT molecular complexity index is 481. The number of nitrogens with zero attached hydrogens (tertiary/aromatic N) is 1. The van der Waals surface area contributed by atoms with Crippen LogP contribution in [0.5, 0.6) is 0 Å². The standard InChI is InChI=1S/C17H23NO2/c1-13(17(19)20-3)16-11-7-8-12-18(16)14(2)15-9-5-4-6-10-15/h4-6,9-11,13-14H,7-8,12H2,1-3H3/t13?,14-/m0/s1. The Morgan fingerprint density at radius 3 is 2.60 bits per heavy atom. The van der Waals surface area contributed by atoms with E-state index in [1.807, 2.05) is 13.0 Å². The molecule has 0 amide bonds. The van der Waals surface area contributed by atoms with Crippen LogP contribution in [0.4, 0.5) is 0 Å². The normalized spacial score (nSPS) is 18.1. The lowest BCUT2D eigenvalue weighted by molar-refractivity contribution is -0.144. The topological polar surface area (TPSA) is 29.5 Å². The summed E-state index contributed by atoms with van der Waals surface area (Å²) >= 11 is 0. The summed E-state index contributed by atoms with van der Waals surface area (Å²) in [5.74, 6) is -0.366. The highest BCUT2D eigenvalue weighted by molar-refractivity contribution is 5.75. The predicted molar refractivity (Wildman–Crippen MR) is 80.1 cm³/mol. The van der Waals surface area contributed by atoms with Crippen molar-refractivity contribution >= 4 is 5.97 Å². The number of carbonyl (C=O) groups is 1. The monoisotopic (exact) mass is 273 g/mol. The Morgan fingerprint density at radius 1 is 1.25 bits per heavy atom. The van der Waals surface area contributed by atoms with E-state index in [2.05, 4.69) is 42.2 Å². The van der Waals surface area contributed by atoms with E-state index in [9.17, 15) is 4.79 Å². The fourth-order valence-corrected chi connectivity index (χ4v) is 2.81. The van der Waals surface area contributed by atoms with Gasteiger partial charge in [0.05, 0.1) is 19.1 Å². The number of allylic oxidation sites excluding steroid dienone is 1. The van der Waals surface area contributed by atoms with Gasteiger partial charge in [-0.3, -0.25) is 4.79 Å². The van der Waals surface area contributed by atoms with Crippen LogP contribution in [0.15, 0.2) is 42.1 Å². The average molecular weight is 273 g/mol. The summed E-state index contributed by atoms with van der Waals surface area (Å²) in [7, 11) is 1.45. The van der Waals surface area contributed by atoms with E-state index in [0.29, 0.717) is 0 Å². The van der Waals surface area contributed by atoms with Crippen LogP contribution in [0.25, 0.3) is 0 Å². The molecule has 0 bridgehead atoms. The zero-order valence-corrected chi connectivity index (χ0v) is 12.5. The third-order valence-electron chi connectivity index (χ3n) is 4.04. The van der Waals surface area contributed by atoms with Crippen LogP contribution in [-0.2, 0) is 9.53 Å².